The Hall–Kier alpha value is -4.31. The minimum Gasteiger partial charge on any atom is -0.371 e. The molecule has 2 amide bonds. The van der Waals surface area contributed by atoms with Gasteiger partial charge in [0, 0.05) is 93.4 Å². The van der Waals surface area contributed by atoms with E-state index >= 15 is 0 Å². The molecule has 4 heterocycles. The number of rotatable bonds is 6. The highest BCUT2D eigenvalue weighted by molar-refractivity contribution is 6.42. The Bertz CT molecular complexity index is 2360. The zero-order valence-electron chi connectivity index (χ0n) is 30.5. The summed E-state index contributed by atoms with van der Waals surface area (Å²) in [6, 6.07) is 26.7. The Morgan fingerprint density at radius 2 is 1.02 bits per heavy atom. The van der Waals surface area contributed by atoms with E-state index in [1.807, 2.05) is 79.9 Å². The number of amides is 2. The number of benzene rings is 4. The van der Waals surface area contributed by atoms with Gasteiger partial charge in [-0.3, -0.25) is 19.6 Å². The number of aromatic nitrogens is 2. The molecule has 2 aromatic heterocycles. The van der Waals surface area contributed by atoms with Gasteiger partial charge in [-0.2, -0.15) is 0 Å². The molecule has 56 heavy (non-hydrogen) atoms. The largest absolute Gasteiger partial charge is 0.371 e. The first kappa shape index (κ1) is 39.9. The number of pyridine rings is 2. The standard InChI is InChI=1S/C22H22ClN3O.C21H17Cl4N3O/c1-15-2-4-16(5-3-15)22(27)25-18-9-12-26(13-10-18)21-8-11-24-20-14-17(23)6-7-19(20)21;22-12-1-2-15-18(11-12)26-6-3-19(15)28-7-4-14(5-8-28)27-21(29)20-16(24)9-13(23)10-17(20)25/h2-8,11,14,18H,9-10,12-13H2,1H3,(H,25,27);1-3,6,9-11,14H,4-5,7-8H2,(H,27,29). The molecule has 4 aromatic carbocycles. The number of fused-ring (bicyclic) bond motifs is 2. The summed E-state index contributed by atoms with van der Waals surface area (Å²) in [5, 5.41) is 10.7. The van der Waals surface area contributed by atoms with Gasteiger partial charge in [-0.25, -0.2) is 0 Å². The van der Waals surface area contributed by atoms with Crippen LogP contribution in [0.4, 0.5) is 11.4 Å². The van der Waals surface area contributed by atoms with Gasteiger partial charge in [0.05, 0.1) is 26.6 Å². The molecule has 0 atom stereocenters. The fraction of sp³-hybridized carbons (Fsp3) is 0.256. The van der Waals surface area contributed by atoms with E-state index in [1.54, 1.807) is 6.20 Å². The van der Waals surface area contributed by atoms with E-state index in [2.05, 4.69) is 36.5 Å². The van der Waals surface area contributed by atoms with Gasteiger partial charge in [0.1, 0.15) is 0 Å². The second-order valence-corrected chi connectivity index (χ2v) is 16.2. The lowest BCUT2D eigenvalue weighted by Crippen LogP contribution is -2.44. The molecule has 0 radical (unpaired) electrons. The maximum absolute atomic E-state index is 12.7. The Balaban J connectivity index is 0.000000172. The maximum Gasteiger partial charge on any atom is 0.254 e. The Morgan fingerprint density at radius 3 is 1.48 bits per heavy atom. The first-order chi connectivity index (χ1) is 27.0. The van der Waals surface area contributed by atoms with Crippen molar-refractivity contribution < 1.29 is 9.59 Å². The molecule has 2 aliphatic heterocycles. The van der Waals surface area contributed by atoms with Crippen molar-refractivity contribution >= 4 is 103 Å². The minimum absolute atomic E-state index is 0.0115. The predicted molar refractivity (Wildman–Crippen MR) is 232 cm³/mol. The number of hydrogen-bond acceptors (Lipinski definition) is 6. The van der Waals surface area contributed by atoms with Gasteiger partial charge in [-0.1, -0.05) is 75.7 Å². The van der Waals surface area contributed by atoms with E-state index in [9.17, 15) is 9.59 Å². The van der Waals surface area contributed by atoms with E-state index < -0.39 is 0 Å². The SMILES string of the molecule is Cc1ccc(C(=O)NC2CCN(c3ccnc4cc(Cl)ccc34)CC2)cc1.O=C(NC1CCN(c2ccnc3cc(Cl)ccc23)CC1)c1c(Cl)cc(Cl)cc1Cl. The van der Waals surface area contributed by atoms with Crippen LogP contribution in [0, 0.1) is 6.92 Å². The molecule has 13 heteroatoms. The van der Waals surface area contributed by atoms with E-state index in [-0.39, 0.29) is 39.5 Å². The molecule has 0 spiro atoms. The molecule has 0 bridgehead atoms. The number of halogens is 5. The lowest BCUT2D eigenvalue weighted by Gasteiger charge is -2.34. The van der Waals surface area contributed by atoms with E-state index in [0.717, 1.165) is 90.5 Å². The molecule has 2 saturated heterocycles. The molecule has 0 aliphatic carbocycles. The molecular formula is C43H39Cl5N6O2. The number of nitrogens with one attached hydrogen (secondary N) is 2. The average molecular weight is 849 g/mol. The third-order valence-corrected chi connectivity index (χ3v) is 11.5. The summed E-state index contributed by atoms with van der Waals surface area (Å²) in [4.78, 5) is 38.6. The number of nitrogens with zero attached hydrogens (tertiary/aromatic N) is 4. The summed E-state index contributed by atoms with van der Waals surface area (Å²) in [7, 11) is 0. The fourth-order valence-corrected chi connectivity index (χ4v) is 8.60. The third kappa shape index (κ3) is 9.44. The third-order valence-electron chi connectivity index (χ3n) is 10.3. The number of carbonyl (C=O) groups is 2. The number of anilines is 2. The van der Waals surface area contributed by atoms with Crippen LogP contribution in [0.1, 0.15) is 52.0 Å². The van der Waals surface area contributed by atoms with Crippen molar-refractivity contribution in [2.75, 3.05) is 36.0 Å². The van der Waals surface area contributed by atoms with Crippen molar-refractivity contribution in [3.8, 4) is 0 Å². The van der Waals surface area contributed by atoms with Crippen molar-refractivity contribution in [2.45, 2.75) is 44.7 Å². The average Bonchev–Trinajstić information content (AvgIpc) is 3.18. The first-order valence-electron chi connectivity index (χ1n) is 18.4. The first-order valence-corrected chi connectivity index (χ1v) is 20.3. The van der Waals surface area contributed by atoms with E-state index in [4.69, 9.17) is 58.0 Å². The highest BCUT2D eigenvalue weighted by Crippen LogP contribution is 2.32. The normalized spacial score (nSPS) is 15.0. The molecule has 2 N–H and O–H groups in total. The molecule has 8 nitrogen and oxygen atoms in total. The second kappa shape index (κ2) is 17.9. The molecule has 2 aliphatic rings. The number of aryl methyl sites for hydroxylation is 1. The van der Waals surface area contributed by atoms with Crippen LogP contribution in [0.5, 0.6) is 0 Å². The zero-order chi connectivity index (χ0) is 39.3. The molecule has 0 unspecified atom stereocenters. The van der Waals surface area contributed by atoms with Crippen molar-refractivity contribution in [3.63, 3.8) is 0 Å². The zero-order valence-corrected chi connectivity index (χ0v) is 34.3. The van der Waals surface area contributed by atoms with Gasteiger partial charge in [-0.05, 0) is 105 Å². The summed E-state index contributed by atoms with van der Waals surface area (Å²) in [5.41, 5.74) is 6.23. The van der Waals surface area contributed by atoms with Crippen molar-refractivity contribution in [1.29, 1.82) is 0 Å². The topological polar surface area (TPSA) is 90.5 Å². The van der Waals surface area contributed by atoms with Crippen molar-refractivity contribution in [1.82, 2.24) is 20.6 Å². The quantitative estimate of drug-likeness (QED) is 0.174. The van der Waals surface area contributed by atoms with Crippen molar-refractivity contribution in [3.05, 3.63) is 139 Å². The van der Waals surface area contributed by atoms with E-state index in [0.29, 0.717) is 15.1 Å². The van der Waals surface area contributed by atoms with Gasteiger partial charge >= 0.3 is 0 Å². The predicted octanol–water partition coefficient (Wildman–Crippen LogP) is 10.8. The van der Waals surface area contributed by atoms with Crippen LogP contribution in [0.15, 0.2) is 97.3 Å². The van der Waals surface area contributed by atoms with Crippen LogP contribution in [0.2, 0.25) is 25.1 Å². The van der Waals surface area contributed by atoms with Crippen LogP contribution < -0.4 is 20.4 Å². The summed E-state index contributed by atoms with van der Waals surface area (Å²) in [6.07, 6.45) is 7.10. The summed E-state index contributed by atoms with van der Waals surface area (Å²) in [5.74, 6) is -0.267. The lowest BCUT2D eigenvalue weighted by atomic mass is 10.0. The van der Waals surface area contributed by atoms with Crippen LogP contribution >= 0.6 is 58.0 Å². The smallest absolute Gasteiger partial charge is 0.254 e. The molecule has 0 saturated carbocycles. The fourth-order valence-electron chi connectivity index (χ4n) is 7.28. The molecule has 8 rings (SSSR count). The lowest BCUT2D eigenvalue weighted by molar-refractivity contribution is 0.0922. The summed E-state index contributed by atoms with van der Waals surface area (Å²) >= 11 is 30.4. The Kier molecular flexibility index (Phi) is 12.7. The van der Waals surface area contributed by atoms with Gasteiger partial charge in [0.2, 0.25) is 0 Å². The van der Waals surface area contributed by atoms with E-state index in [1.165, 1.54) is 17.8 Å². The monoisotopic (exact) mass is 846 g/mol. The molecule has 6 aromatic rings. The van der Waals surface area contributed by atoms with Crippen LogP contribution in [0.25, 0.3) is 21.8 Å². The summed E-state index contributed by atoms with van der Waals surface area (Å²) in [6.45, 7) is 5.46. The number of hydrogen-bond donors (Lipinski definition) is 2. The minimum atomic E-state index is -0.279. The molecular weight excluding hydrogens is 810 g/mol. The number of piperidine rings is 2. The van der Waals surface area contributed by atoms with Gasteiger partial charge in [-0.15, -0.1) is 0 Å². The molecule has 288 valence electrons. The second-order valence-electron chi connectivity index (χ2n) is 14.1. The maximum atomic E-state index is 12.7. The molecule has 2 fully saturated rings. The summed E-state index contributed by atoms with van der Waals surface area (Å²) < 4.78 is 0. The van der Waals surface area contributed by atoms with Crippen LogP contribution in [0.3, 0.4) is 0 Å². The van der Waals surface area contributed by atoms with Gasteiger partial charge in [0.15, 0.2) is 0 Å². The highest BCUT2D eigenvalue weighted by Gasteiger charge is 2.25. The number of carbonyl (C=O) groups excluding carboxylic acids is 2. The van der Waals surface area contributed by atoms with Gasteiger partial charge < -0.3 is 20.4 Å². The van der Waals surface area contributed by atoms with Crippen LogP contribution in [-0.4, -0.2) is 60.0 Å². The van der Waals surface area contributed by atoms with Gasteiger partial charge in [0.25, 0.3) is 11.8 Å². The van der Waals surface area contributed by atoms with Crippen LogP contribution in [-0.2, 0) is 0 Å². The Morgan fingerprint density at radius 1 is 0.571 bits per heavy atom. The highest BCUT2D eigenvalue weighted by atomic mass is 35.5. The Labute approximate surface area is 351 Å². The van der Waals surface area contributed by atoms with Crippen molar-refractivity contribution in [2.24, 2.45) is 0 Å².